The molecule has 0 bridgehead atoms. The zero-order valence-electron chi connectivity index (χ0n) is 10.9. The lowest BCUT2D eigenvalue weighted by Crippen LogP contribution is -2.43. The van der Waals surface area contributed by atoms with E-state index in [4.69, 9.17) is 11.6 Å². The molecule has 3 rings (SSSR count). The van der Waals surface area contributed by atoms with Gasteiger partial charge in [0.1, 0.15) is 0 Å². The van der Waals surface area contributed by atoms with Crippen LogP contribution >= 0.6 is 22.9 Å². The van der Waals surface area contributed by atoms with Crippen LogP contribution in [0.2, 0.25) is 4.47 Å². The van der Waals surface area contributed by atoms with Crippen molar-refractivity contribution in [2.75, 3.05) is 13.1 Å². The SMILES string of the molecule is O=C(c1nnc(Cl)s1)N1CCC2(CCCCC2)CC1. The van der Waals surface area contributed by atoms with Gasteiger partial charge in [0, 0.05) is 13.1 Å². The second-order valence-corrected chi connectivity index (χ2v) is 7.27. The van der Waals surface area contributed by atoms with Crippen LogP contribution in [0.1, 0.15) is 54.7 Å². The largest absolute Gasteiger partial charge is 0.336 e. The van der Waals surface area contributed by atoms with E-state index in [0.717, 1.165) is 25.9 Å². The highest BCUT2D eigenvalue weighted by molar-refractivity contribution is 7.17. The number of piperidine rings is 1. The molecule has 2 fully saturated rings. The maximum absolute atomic E-state index is 12.3. The van der Waals surface area contributed by atoms with Gasteiger partial charge in [-0.3, -0.25) is 4.79 Å². The number of hydrogen-bond acceptors (Lipinski definition) is 4. The summed E-state index contributed by atoms with van der Waals surface area (Å²) in [5.74, 6) is -0.00457. The third-order valence-corrected chi connectivity index (χ3v) is 5.62. The molecule has 4 nitrogen and oxygen atoms in total. The van der Waals surface area contributed by atoms with E-state index in [1.54, 1.807) is 0 Å². The highest BCUT2D eigenvalue weighted by Gasteiger charge is 2.37. The van der Waals surface area contributed by atoms with Crippen molar-refractivity contribution in [2.24, 2.45) is 5.41 Å². The molecule has 1 amide bonds. The van der Waals surface area contributed by atoms with Crippen LogP contribution in [0.4, 0.5) is 0 Å². The molecule has 1 aliphatic heterocycles. The molecule has 0 radical (unpaired) electrons. The van der Waals surface area contributed by atoms with Crippen LogP contribution in [0.25, 0.3) is 0 Å². The van der Waals surface area contributed by atoms with E-state index in [2.05, 4.69) is 10.2 Å². The molecule has 19 heavy (non-hydrogen) atoms. The van der Waals surface area contributed by atoms with Crippen molar-refractivity contribution < 1.29 is 4.79 Å². The molecule has 1 aromatic heterocycles. The summed E-state index contributed by atoms with van der Waals surface area (Å²) in [6, 6.07) is 0. The van der Waals surface area contributed by atoms with Crippen LogP contribution in [0, 0.1) is 5.41 Å². The number of halogens is 1. The quantitative estimate of drug-likeness (QED) is 0.798. The summed E-state index contributed by atoms with van der Waals surface area (Å²) in [6.07, 6.45) is 9.09. The van der Waals surface area contributed by atoms with Gasteiger partial charge >= 0.3 is 0 Å². The summed E-state index contributed by atoms with van der Waals surface area (Å²) < 4.78 is 0.337. The van der Waals surface area contributed by atoms with Gasteiger partial charge in [0.25, 0.3) is 5.91 Å². The molecule has 1 spiro atoms. The first kappa shape index (κ1) is 13.3. The molecule has 1 saturated heterocycles. The Kier molecular flexibility index (Phi) is 3.76. The lowest BCUT2D eigenvalue weighted by atomic mass is 9.68. The lowest BCUT2D eigenvalue weighted by Gasteiger charge is -2.44. The van der Waals surface area contributed by atoms with Gasteiger partial charge in [0.05, 0.1) is 0 Å². The normalized spacial score (nSPS) is 22.7. The first-order valence-electron chi connectivity index (χ1n) is 6.97. The summed E-state index contributed by atoms with van der Waals surface area (Å²) in [6.45, 7) is 1.71. The van der Waals surface area contributed by atoms with Gasteiger partial charge in [-0.15, -0.1) is 10.2 Å². The van der Waals surface area contributed by atoms with Gasteiger partial charge in [-0.1, -0.05) is 30.6 Å². The molecule has 0 unspecified atom stereocenters. The van der Waals surface area contributed by atoms with Crippen LogP contribution in [0.3, 0.4) is 0 Å². The molecule has 1 aromatic rings. The monoisotopic (exact) mass is 299 g/mol. The van der Waals surface area contributed by atoms with Crippen LogP contribution in [-0.4, -0.2) is 34.1 Å². The number of aromatic nitrogens is 2. The van der Waals surface area contributed by atoms with E-state index in [9.17, 15) is 4.79 Å². The molecular formula is C13H18ClN3OS. The van der Waals surface area contributed by atoms with Crippen LogP contribution in [0.5, 0.6) is 0 Å². The summed E-state index contributed by atoms with van der Waals surface area (Å²) in [4.78, 5) is 14.2. The summed E-state index contributed by atoms with van der Waals surface area (Å²) >= 11 is 6.90. The third-order valence-electron chi connectivity index (χ3n) is 4.61. The summed E-state index contributed by atoms with van der Waals surface area (Å²) in [5, 5.41) is 7.96. The summed E-state index contributed by atoms with van der Waals surface area (Å²) in [5.41, 5.74) is 0.522. The number of rotatable bonds is 1. The Morgan fingerprint density at radius 1 is 1.11 bits per heavy atom. The summed E-state index contributed by atoms with van der Waals surface area (Å²) in [7, 11) is 0. The van der Waals surface area contributed by atoms with Gasteiger partial charge in [-0.2, -0.15) is 0 Å². The Balaban J connectivity index is 1.62. The van der Waals surface area contributed by atoms with Crippen LogP contribution in [-0.2, 0) is 0 Å². The maximum atomic E-state index is 12.3. The Bertz CT molecular complexity index is 460. The molecular weight excluding hydrogens is 282 g/mol. The maximum Gasteiger partial charge on any atom is 0.284 e. The number of hydrogen-bond donors (Lipinski definition) is 0. The fourth-order valence-corrected chi connectivity index (χ4v) is 4.21. The van der Waals surface area contributed by atoms with E-state index in [1.165, 1.54) is 43.4 Å². The highest BCUT2D eigenvalue weighted by atomic mass is 35.5. The van der Waals surface area contributed by atoms with Gasteiger partial charge in [-0.25, -0.2) is 0 Å². The number of nitrogens with zero attached hydrogens (tertiary/aromatic N) is 3. The third kappa shape index (κ3) is 2.77. The average Bonchev–Trinajstić information content (AvgIpc) is 2.87. The first-order valence-corrected chi connectivity index (χ1v) is 8.16. The van der Waals surface area contributed by atoms with Crippen molar-refractivity contribution in [1.29, 1.82) is 0 Å². The smallest absolute Gasteiger partial charge is 0.284 e. The molecule has 2 heterocycles. The Morgan fingerprint density at radius 2 is 1.79 bits per heavy atom. The molecule has 6 heteroatoms. The van der Waals surface area contributed by atoms with Crippen molar-refractivity contribution in [2.45, 2.75) is 44.9 Å². The van der Waals surface area contributed by atoms with E-state index >= 15 is 0 Å². The van der Waals surface area contributed by atoms with Crippen molar-refractivity contribution in [3.05, 3.63) is 9.47 Å². The molecule has 0 N–H and O–H groups in total. The van der Waals surface area contributed by atoms with E-state index < -0.39 is 0 Å². The van der Waals surface area contributed by atoms with Gasteiger partial charge in [0.15, 0.2) is 0 Å². The molecule has 1 aliphatic carbocycles. The fraction of sp³-hybridized carbons (Fsp3) is 0.769. The molecule has 1 saturated carbocycles. The van der Waals surface area contributed by atoms with Gasteiger partial charge < -0.3 is 4.90 Å². The second-order valence-electron chi connectivity index (χ2n) is 5.71. The molecule has 2 aliphatic rings. The topological polar surface area (TPSA) is 46.1 Å². The Labute approximate surface area is 122 Å². The average molecular weight is 300 g/mol. The van der Waals surface area contributed by atoms with Gasteiger partial charge in [0.2, 0.25) is 9.47 Å². The van der Waals surface area contributed by atoms with Crippen LogP contribution < -0.4 is 0 Å². The van der Waals surface area contributed by atoms with E-state index in [1.807, 2.05) is 4.90 Å². The number of carbonyl (C=O) groups excluding carboxylic acids is 1. The second kappa shape index (κ2) is 5.37. The van der Waals surface area contributed by atoms with E-state index in [-0.39, 0.29) is 5.91 Å². The Morgan fingerprint density at radius 3 is 2.37 bits per heavy atom. The highest BCUT2D eigenvalue weighted by Crippen LogP contribution is 2.44. The number of amides is 1. The lowest BCUT2D eigenvalue weighted by molar-refractivity contribution is 0.0471. The van der Waals surface area contributed by atoms with Crippen molar-refractivity contribution in [3.8, 4) is 0 Å². The minimum absolute atomic E-state index is 0.00457. The molecule has 0 aromatic carbocycles. The molecule has 104 valence electrons. The minimum atomic E-state index is -0.00457. The fourth-order valence-electron chi connectivity index (χ4n) is 3.41. The van der Waals surface area contributed by atoms with Crippen molar-refractivity contribution in [1.82, 2.24) is 15.1 Å². The van der Waals surface area contributed by atoms with Crippen molar-refractivity contribution in [3.63, 3.8) is 0 Å². The number of likely N-dealkylation sites (tertiary alicyclic amines) is 1. The predicted octanol–water partition coefficient (Wildman–Crippen LogP) is 3.38. The Hall–Kier alpha value is -0.680. The number of carbonyl (C=O) groups is 1. The molecule has 0 atom stereocenters. The van der Waals surface area contributed by atoms with Crippen molar-refractivity contribution >= 4 is 28.8 Å². The van der Waals surface area contributed by atoms with E-state index in [0.29, 0.717) is 14.9 Å². The zero-order chi connectivity index (χ0) is 13.3. The standard InChI is InChI=1S/C13H18ClN3OS/c14-12-16-15-10(19-12)11(18)17-8-6-13(7-9-17)4-2-1-3-5-13/h1-9H2. The van der Waals surface area contributed by atoms with Crippen LogP contribution in [0.15, 0.2) is 0 Å². The first-order chi connectivity index (χ1) is 9.19. The zero-order valence-corrected chi connectivity index (χ0v) is 12.5. The predicted molar refractivity (Wildman–Crippen MR) is 75.6 cm³/mol. The van der Waals surface area contributed by atoms with Gasteiger partial charge in [-0.05, 0) is 42.7 Å². The minimum Gasteiger partial charge on any atom is -0.336 e.